The summed E-state index contributed by atoms with van der Waals surface area (Å²) in [6.07, 6.45) is -3.09. The topological polar surface area (TPSA) is 139 Å². The lowest BCUT2D eigenvalue weighted by molar-refractivity contribution is -0.137. The first kappa shape index (κ1) is 41.3. The molecule has 9 nitrogen and oxygen atoms in total. The Kier molecular flexibility index (Phi) is 12.3. The Morgan fingerprint density at radius 1 is 0.686 bits per heavy atom. The molecule has 4 rings (SSSR count). The molecule has 0 aliphatic heterocycles. The zero-order chi connectivity index (χ0) is 38.7. The number of anilines is 2. The van der Waals surface area contributed by atoms with Crippen LogP contribution in [0.4, 0.5) is 33.5 Å². The summed E-state index contributed by atoms with van der Waals surface area (Å²) < 4.78 is 113. The number of nitrogens with one attached hydrogen (secondary N) is 2. The van der Waals surface area contributed by atoms with Crippen molar-refractivity contribution in [2.24, 2.45) is 0 Å². The summed E-state index contributed by atoms with van der Waals surface area (Å²) in [5.41, 5.74) is -0.359. The van der Waals surface area contributed by atoms with Crippen molar-refractivity contribution in [3.63, 3.8) is 0 Å². The molecule has 0 saturated heterocycles. The molecular weight excluding hydrogens is 764 g/mol. The van der Waals surface area contributed by atoms with Gasteiger partial charge in [-0.25, -0.2) is 30.6 Å². The Hall–Kier alpha value is -4.12. The van der Waals surface area contributed by atoms with E-state index < -0.39 is 74.1 Å². The van der Waals surface area contributed by atoms with Gasteiger partial charge < -0.3 is 10.6 Å². The van der Waals surface area contributed by atoms with Crippen LogP contribution < -0.4 is 10.6 Å². The highest BCUT2D eigenvalue weighted by Crippen LogP contribution is 2.33. The van der Waals surface area contributed by atoms with Crippen molar-refractivity contribution in [1.82, 2.24) is 4.98 Å². The molecule has 0 fully saturated rings. The van der Waals surface area contributed by atoms with Gasteiger partial charge in [-0.05, 0) is 101 Å². The number of nitrogens with zero attached hydrogens (tertiary/aromatic N) is 1. The average Bonchev–Trinajstić information content (AvgIpc) is 3.01. The molecule has 0 radical (unpaired) electrons. The van der Waals surface area contributed by atoms with Crippen molar-refractivity contribution < 1.29 is 48.4 Å². The molecule has 0 saturated carbocycles. The van der Waals surface area contributed by atoms with Crippen LogP contribution in [0.15, 0.2) is 88.8 Å². The van der Waals surface area contributed by atoms with Crippen LogP contribution in [0.1, 0.15) is 38.8 Å². The van der Waals surface area contributed by atoms with E-state index in [1.54, 1.807) is 12.1 Å². The van der Waals surface area contributed by atoms with Crippen molar-refractivity contribution >= 4 is 66.2 Å². The zero-order valence-electron chi connectivity index (χ0n) is 27.4. The second kappa shape index (κ2) is 15.2. The van der Waals surface area contributed by atoms with Crippen molar-refractivity contribution in [2.75, 3.05) is 10.6 Å². The SMILES string of the molecule is CC(C)(C(=O)Nc1cccc(C(F)(F)F)c1)S(=O)(=O)c1ccc(Cl)cc1F.Cc1ccc(NC(=O)C(C)(C)S(=O)(=O)c2ccc(Cl)cc2F)nc1. The fraction of sp³-hybridized carbons (Fsp3) is 0.242. The third-order valence-electron chi connectivity index (χ3n) is 7.40. The predicted octanol–water partition coefficient (Wildman–Crippen LogP) is 8.06. The molecular formula is C33H30Cl2F5N3O6S2. The summed E-state index contributed by atoms with van der Waals surface area (Å²) >= 11 is 11.2. The summed E-state index contributed by atoms with van der Waals surface area (Å²) in [7, 11) is -8.80. The van der Waals surface area contributed by atoms with E-state index in [0.717, 1.165) is 61.9 Å². The zero-order valence-corrected chi connectivity index (χ0v) is 30.5. The van der Waals surface area contributed by atoms with E-state index in [2.05, 4.69) is 15.6 Å². The van der Waals surface area contributed by atoms with E-state index in [0.29, 0.717) is 6.07 Å². The lowest BCUT2D eigenvalue weighted by atomic mass is 10.1. The molecule has 4 aromatic rings. The lowest BCUT2D eigenvalue weighted by Gasteiger charge is -2.24. The number of carbonyl (C=O) groups excluding carboxylic acids is 2. The maximum atomic E-state index is 14.0. The highest BCUT2D eigenvalue weighted by atomic mass is 35.5. The second-order valence-electron chi connectivity index (χ2n) is 11.9. The molecule has 0 bridgehead atoms. The number of amides is 2. The standard InChI is InChI=1S/C17H14ClF4NO3S.C16H16ClFN2O3S/c1-16(2,27(25,26)14-7-6-11(18)9-13(14)19)15(24)23-12-5-3-4-10(8-12)17(20,21)22;1-10-4-7-14(19-9-10)20-15(21)16(2,3)24(22,23)13-6-5-11(17)8-12(13)18/h3-9H,1-2H3,(H,23,24);4-9H,1-3H3,(H,19,20,21). The van der Waals surface area contributed by atoms with Crippen LogP contribution in [0.25, 0.3) is 0 Å². The maximum absolute atomic E-state index is 14.0. The average molecular weight is 795 g/mol. The van der Waals surface area contributed by atoms with Crippen LogP contribution >= 0.6 is 23.2 Å². The molecule has 18 heteroatoms. The van der Waals surface area contributed by atoms with Gasteiger partial charge in [-0.1, -0.05) is 35.3 Å². The Bertz CT molecular complexity index is 2180. The van der Waals surface area contributed by atoms with E-state index in [9.17, 15) is 48.4 Å². The Balaban J connectivity index is 0.000000277. The number of sulfone groups is 2. The molecule has 0 aliphatic carbocycles. The van der Waals surface area contributed by atoms with E-state index >= 15 is 0 Å². The van der Waals surface area contributed by atoms with E-state index in [-0.39, 0.29) is 21.6 Å². The first-order valence-electron chi connectivity index (χ1n) is 14.4. The Morgan fingerprint density at radius 2 is 1.16 bits per heavy atom. The molecule has 0 aliphatic rings. The largest absolute Gasteiger partial charge is 0.416 e. The highest BCUT2D eigenvalue weighted by molar-refractivity contribution is 7.94. The molecule has 0 spiro atoms. The van der Waals surface area contributed by atoms with Gasteiger partial charge in [0.25, 0.3) is 0 Å². The first-order valence-corrected chi connectivity index (χ1v) is 18.2. The third kappa shape index (κ3) is 9.22. The number of pyridine rings is 1. The van der Waals surface area contributed by atoms with Crippen molar-refractivity contribution in [1.29, 1.82) is 0 Å². The van der Waals surface area contributed by atoms with E-state index in [1.807, 2.05) is 6.92 Å². The molecule has 3 aromatic carbocycles. The van der Waals surface area contributed by atoms with Gasteiger partial charge in [0.1, 0.15) is 36.7 Å². The number of carbonyl (C=O) groups is 2. The van der Waals surface area contributed by atoms with Crippen molar-refractivity contribution in [3.8, 4) is 0 Å². The summed E-state index contributed by atoms with van der Waals surface area (Å²) in [4.78, 5) is 27.6. The molecule has 1 aromatic heterocycles. The normalized spacial score (nSPS) is 12.4. The van der Waals surface area contributed by atoms with E-state index in [1.165, 1.54) is 32.2 Å². The predicted molar refractivity (Wildman–Crippen MR) is 183 cm³/mol. The van der Waals surface area contributed by atoms with E-state index in [4.69, 9.17) is 23.2 Å². The fourth-order valence-electron chi connectivity index (χ4n) is 4.04. The van der Waals surface area contributed by atoms with Gasteiger partial charge in [0, 0.05) is 21.9 Å². The van der Waals surface area contributed by atoms with Gasteiger partial charge in [-0.15, -0.1) is 0 Å². The Morgan fingerprint density at radius 3 is 1.57 bits per heavy atom. The minimum atomic E-state index is -4.63. The third-order valence-corrected chi connectivity index (χ3v) is 12.8. The lowest BCUT2D eigenvalue weighted by Crippen LogP contribution is -2.44. The number of halogens is 7. The molecule has 274 valence electrons. The quantitative estimate of drug-likeness (QED) is 0.172. The highest BCUT2D eigenvalue weighted by Gasteiger charge is 2.45. The summed E-state index contributed by atoms with van der Waals surface area (Å²) in [5, 5.41) is 4.61. The number of rotatable bonds is 8. The van der Waals surface area contributed by atoms with Gasteiger partial charge >= 0.3 is 6.18 Å². The molecule has 0 unspecified atom stereocenters. The summed E-state index contributed by atoms with van der Waals surface area (Å²) in [6, 6.07) is 13.1. The minimum absolute atomic E-state index is 0.0299. The minimum Gasteiger partial charge on any atom is -0.325 e. The van der Waals surface area contributed by atoms with Crippen LogP contribution in [0.2, 0.25) is 10.0 Å². The van der Waals surface area contributed by atoms with Gasteiger partial charge in [-0.2, -0.15) is 13.2 Å². The number of hydrogen-bond acceptors (Lipinski definition) is 7. The Labute approximate surface area is 301 Å². The first-order chi connectivity index (χ1) is 23.3. The monoisotopic (exact) mass is 793 g/mol. The molecule has 2 amide bonds. The molecule has 0 atom stereocenters. The van der Waals surface area contributed by atoms with Crippen LogP contribution in [-0.2, 0) is 35.4 Å². The van der Waals surface area contributed by atoms with Crippen LogP contribution in [-0.4, -0.2) is 43.1 Å². The number of hydrogen-bond donors (Lipinski definition) is 2. The number of alkyl halides is 3. The van der Waals surface area contributed by atoms with Crippen molar-refractivity contribution in [3.05, 3.63) is 112 Å². The summed E-state index contributed by atoms with van der Waals surface area (Å²) in [6.45, 7) is 6.30. The molecule has 1 heterocycles. The molecule has 2 N–H and O–H groups in total. The van der Waals surface area contributed by atoms with Crippen LogP contribution in [0.3, 0.4) is 0 Å². The van der Waals surface area contributed by atoms with Gasteiger partial charge in [0.05, 0.1) is 5.56 Å². The maximum Gasteiger partial charge on any atom is 0.416 e. The number of aryl methyl sites for hydroxylation is 1. The molecule has 51 heavy (non-hydrogen) atoms. The van der Waals surface area contributed by atoms with Gasteiger partial charge in [0.15, 0.2) is 19.7 Å². The van der Waals surface area contributed by atoms with Gasteiger partial charge in [-0.3, -0.25) is 9.59 Å². The smallest absolute Gasteiger partial charge is 0.325 e. The number of aromatic nitrogens is 1. The van der Waals surface area contributed by atoms with Crippen molar-refractivity contribution in [2.45, 2.75) is 60.1 Å². The van der Waals surface area contributed by atoms with Gasteiger partial charge in [0.2, 0.25) is 11.8 Å². The fourth-order valence-corrected chi connectivity index (χ4v) is 7.18. The van der Waals surface area contributed by atoms with Crippen LogP contribution in [0.5, 0.6) is 0 Å². The second-order valence-corrected chi connectivity index (χ2v) is 17.7. The summed E-state index contributed by atoms with van der Waals surface area (Å²) in [5.74, 6) is -3.85. The van der Waals surface area contributed by atoms with Crippen LogP contribution in [0, 0.1) is 18.6 Å². The number of benzene rings is 3.